The molecule has 0 saturated carbocycles. The fraction of sp³-hybridized carbons (Fsp3) is 0.200. The van der Waals surface area contributed by atoms with Crippen LogP contribution in [0.4, 0.5) is 4.79 Å². The predicted octanol–water partition coefficient (Wildman–Crippen LogP) is 4.66. The number of fused-ring (bicyclic) bond motifs is 1. The van der Waals surface area contributed by atoms with Crippen LogP contribution in [0.15, 0.2) is 91.1 Å². The molecule has 0 radical (unpaired) electrons. The highest BCUT2D eigenvalue weighted by Gasteiger charge is 2.11. The number of rotatable bonds is 12. The molecule has 0 spiro atoms. The maximum Gasteiger partial charge on any atom is 0.407 e. The summed E-state index contributed by atoms with van der Waals surface area (Å²) in [5.41, 5.74) is 6.90. The van der Waals surface area contributed by atoms with Gasteiger partial charge in [-0.05, 0) is 40.8 Å². The van der Waals surface area contributed by atoms with E-state index in [1.54, 1.807) is 11.6 Å². The summed E-state index contributed by atoms with van der Waals surface area (Å²) in [6.45, 7) is 2.74. The van der Waals surface area contributed by atoms with Crippen molar-refractivity contribution in [2.24, 2.45) is 0 Å². The molecule has 0 unspecified atom stereocenters. The lowest BCUT2D eigenvalue weighted by atomic mass is 10.1. The molecule has 1 heterocycles. The van der Waals surface area contributed by atoms with Gasteiger partial charge in [0.15, 0.2) is 0 Å². The van der Waals surface area contributed by atoms with E-state index in [4.69, 9.17) is 9.94 Å². The van der Waals surface area contributed by atoms with Crippen LogP contribution in [0.5, 0.6) is 0 Å². The molecule has 4 rings (SSSR count). The molecule has 0 bridgehead atoms. The van der Waals surface area contributed by atoms with E-state index >= 15 is 0 Å². The molecule has 0 aliphatic rings. The standard InChI is InChI=1S/C30H32N4O4/c35-29(33-37)15-14-23-10-12-25(13-11-23)22-34(17-16-26-21-31-28-9-5-4-8-27(26)28)18-19-38-30(36)32-20-24-6-2-1-3-7-24/h1-15,21,31,37H,16-20,22H2,(H,32,36)(H,33,35). The Labute approximate surface area is 221 Å². The molecule has 0 fully saturated rings. The van der Waals surface area contributed by atoms with Gasteiger partial charge in [0.25, 0.3) is 5.91 Å². The van der Waals surface area contributed by atoms with Gasteiger partial charge in [0, 0.05) is 49.4 Å². The number of hydrogen-bond acceptors (Lipinski definition) is 5. The SMILES string of the molecule is O=C(C=Cc1ccc(CN(CCOC(=O)NCc2ccccc2)CCc2c[nH]c3ccccc23)cc1)NO. The van der Waals surface area contributed by atoms with Crippen LogP contribution >= 0.6 is 0 Å². The fourth-order valence-electron chi connectivity index (χ4n) is 4.18. The zero-order valence-corrected chi connectivity index (χ0v) is 21.1. The molecule has 2 amide bonds. The normalized spacial score (nSPS) is 11.2. The highest BCUT2D eigenvalue weighted by Crippen LogP contribution is 2.19. The Hall–Kier alpha value is -4.40. The van der Waals surface area contributed by atoms with Crippen molar-refractivity contribution in [1.29, 1.82) is 0 Å². The number of carbonyl (C=O) groups excluding carboxylic acids is 2. The Morgan fingerprint density at radius 3 is 2.47 bits per heavy atom. The lowest BCUT2D eigenvalue weighted by Gasteiger charge is -2.22. The number of carbonyl (C=O) groups is 2. The minimum atomic E-state index is -0.578. The molecule has 0 aliphatic carbocycles. The van der Waals surface area contributed by atoms with E-state index in [1.807, 2.05) is 66.7 Å². The third-order valence-corrected chi connectivity index (χ3v) is 6.22. The minimum absolute atomic E-state index is 0.269. The lowest BCUT2D eigenvalue weighted by molar-refractivity contribution is -0.124. The molecule has 4 aromatic rings. The first-order valence-corrected chi connectivity index (χ1v) is 12.5. The smallest absolute Gasteiger partial charge is 0.407 e. The molecule has 8 nitrogen and oxygen atoms in total. The summed E-state index contributed by atoms with van der Waals surface area (Å²) in [6.07, 6.45) is 5.37. The van der Waals surface area contributed by atoms with Gasteiger partial charge in [-0.3, -0.25) is 14.9 Å². The van der Waals surface area contributed by atoms with Gasteiger partial charge in [-0.1, -0.05) is 72.8 Å². The number of para-hydroxylation sites is 1. The summed E-state index contributed by atoms with van der Waals surface area (Å²) in [7, 11) is 0. The Kier molecular flexibility index (Phi) is 9.67. The molecular weight excluding hydrogens is 480 g/mol. The van der Waals surface area contributed by atoms with Gasteiger partial charge in [0.1, 0.15) is 6.61 Å². The van der Waals surface area contributed by atoms with Crippen molar-refractivity contribution in [3.63, 3.8) is 0 Å². The average molecular weight is 513 g/mol. The van der Waals surface area contributed by atoms with Crippen LogP contribution in [0.25, 0.3) is 17.0 Å². The number of ether oxygens (including phenoxy) is 1. The first-order valence-electron chi connectivity index (χ1n) is 12.5. The number of hydroxylamine groups is 1. The monoisotopic (exact) mass is 512 g/mol. The molecule has 0 atom stereocenters. The third kappa shape index (κ3) is 8.06. The maximum atomic E-state index is 12.2. The van der Waals surface area contributed by atoms with Crippen molar-refractivity contribution < 1.29 is 19.5 Å². The second-order valence-corrected chi connectivity index (χ2v) is 8.91. The second-order valence-electron chi connectivity index (χ2n) is 8.91. The summed E-state index contributed by atoms with van der Waals surface area (Å²) in [5, 5.41) is 12.6. The Balaban J connectivity index is 1.34. The van der Waals surface area contributed by atoms with E-state index in [0.717, 1.165) is 35.2 Å². The maximum absolute atomic E-state index is 12.2. The predicted molar refractivity (Wildman–Crippen MR) is 147 cm³/mol. The number of nitrogens with one attached hydrogen (secondary N) is 3. The molecule has 196 valence electrons. The summed E-state index contributed by atoms with van der Waals surface area (Å²) in [6, 6.07) is 25.8. The van der Waals surface area contributed by atoms with Crippen molar-refractivity contribution in [2.75, 3.05) is 19.7 Å². The number of hydrogen-bond donors (Lipinski definition) is 4. The summed E-state index contributed by atoms with van der Waals surface area (Å²) >= 11 is 0. The Bertz CT molecular complexity index is 1350. The van der Waals surface area contributed by atoms with E-state index in [1.165, 1.54) is 17.0 Å². The van der Waals surface area contributed by atoms with Crippen LogP contribution in [0, 0.1) is 0 Å². The van der Waals surface area contributed by atoms with Crippen LogP contribution in [0.1, 0.15) is 22.3 Å². The van der Waals surface area contributed by atoms with E-state index < -0.39 is 12.0 Å². The Morgan fingerprint density at radius 2 is 1.68 bits per heavy atom. The molecule has 8 heteroatoms. The molecule has 3 aromatic carbocycles. The highest BCUT2D eigenvalue weighted by molar-refractivity contribution is 5.90. The quantitative estimate of drug-likeness (QED) is 0.126. The number of nitrogens with zero attached hydrogens (tertiary/aromatic N) is 1. The van der Waals surface area contributed by atoms with Crippen LogP contribution in [0.3, 0.4) is 0 Å². The zero-order chi connectivity index (χ0) is 26.6. The molecule has 0 saturated heterocycles. The molecule has 0 aliphatic heterocycles. The zero-order valence-electron chi connectivity index (χ0n) is 21.1. The first-order chi connectivity index (χ1) is 18.6. The van der Waals surface area contributed by atoms with Crippen molar-refractivity contribution in [1.82, 2.24) is 20.7 Å². The van der Waals surface area contributed by atoms with Crippen molar-refractivity contribution in [3.8, 4) is 0 Å². The van der Waals surface area contributed by atoms with Crippen LogP contribution in [-0.2, 0) is 29.0 Å². The number of amides is 2. The van der Waals surface area contributed by atoms with Gasteiger partial charge < -0.3 is 15.0 Å². The number of aromatic nitrogens is 1. The topological polar surface area (TPSA) is 107 Å². The van der Waals surface area contributed by atoms with E-state index in [2.05, 4.69) is 33.5 Å². The second kappa shape index (κ2) is 13.8. The summed E-state index contributed by atoms with van der Waals surface area (Å²) < 4.78 is 5.46. The van der Waals surface area contributed by atoms with Crippen LogP contribution in [-0.4, -0.2) is 46.8 Å². The third-order valence-electron chi connectivity index (χ3n) is 6.22. The largest absolute Gasteiger partial charge is 0.448 e. The van der Waals surface area contributed by atoms with E-state index in [-0.39, 0.29) is 6.61 Å². The van der Waals surface area contributed by atoms with Gasteiger partial charge in [0.2, 0.25) is 0 Å². The van der Waals surface area contributed by atoms with Gasteiger partial charge in [-0.15, -0.1) is 0 Å². The average Bonchev–Trinajstić information content (AvgIpc) is 3.37. The van der Waals surface area contributed by atoms with Crippen LogP contribution in [0.2, 0.25) is 0 Å². The van der Waals surface area contributed by atoms with E-state index in [9.17, 15) is 9.59 Å². The number of benzene rings is 3. The first kappa shape index (κ1) is 26.7. The van der Waals surface area contributed by atoms with Gasteiger partial charge in [0.05, 0.1) is 0 Å². The van der Waals surface area contributed by atoms with Gasteiger partial charge in [-0.25, -0.2) is 10.3 Å². The van der Waals surface area contributed by atoms with Crippen LogP contribution < -0.4 is 10.8 Å². The van der Waals surface area contributed by atoms with Crippen molar-refractivity contribution in [2.45, 2.75) is 19.5 Å². The molecule has 4 N–H and O–H groups in total. The molecule has 38 heavy (non-hydrogen) atoms. The lowest BCUT2D eigenvalue weighted by Crippen LogP contribution is -2.32. The van der Waals surface area contributed by atoms with E-state index in [0.29, 0.717) is 19.6 Å². The minimum Gasteiger partial charge on any atom is -0.448 e. The number of H-pyrrole nitrogens is 1. The molecule has 1 aromatic heterocycles. The number of aromatic amines is 1. The van der Waals surface area contributed by atoms with Crippen molar-refractivity contribution in [3.05, 3.63) is 113 Å². The number of alkyl carbamates (subject to hydrolysis) is 1. The summed E-state index contributed by atoms with van der Waals surface area (Å²) in [4.78, 5) is 29.0. The Morgan fingerprint density at radius 1 is 0.921 bits per heavy atom. The van der Waals surface area contributed by atoms with Gasteiger partial charge in [-0.2, -0.15) is 0 Å². The van der Waals surface area contributed by atoms with Gasteiger partial charge >= 0.3 is 6.09 Å². The molecular formula is C30H32N4O4. The van der Waals surface area contributed by atoms with Crippen molar-refractivity contribution >= 4 is 29.0 Å². The highest BCUT2D eigenvalue weighted by atomic mass is 16.5. The fourth-order valence-corrected chi connectivity index (χ4v) is 4.18. The summed E-state index contributed by atoms with van der Waals surface area (Å²) in [5.74, 6) is -0.578.